The van der Waals surface area contributed by atoms with Crippen LogP contribution in [0, 0.1) is 5.92 Å². The summed E-state index contributed by atoms with van der Waals surface area (Å²) in [6.07, 6.45) is 6.75. The Balaban J connectivity index is 2.45. The van der Waals surface area contributed by atoms with E-state index in [0.29, 0.717) is 0 Å². The molecular weight excluding hydrogens is 146 g/mol. The van der Waals surface area contributed by atoms with Crippen molar-refractivity contribution < 1.29 is 0 Å². The molecule has 0 radical (unpaired) electrons. The monoisotopic (exact) mass is 167 g/mol. The lowest BCUT2D eigenvalue weighted by Gasteiger charge is -2.24. The summed E-state index contributed by atoms with van der Waals surface area (Å²) in [6, 6.07) is 0. The van der Waals surface area contributed by atoms with E-state index in [0.717, 1.165) is 12.5 Å². The van der Waals surface area contributed by atoms with Gasteiger partial charge in [-0.25, -0.2) is 0 Å². The molecule has 70 valence electrons. The minimum absolute atomic E-state index is 0.756. The molecule has 0 aromatic heterocycles. The molecule has 0 saturated heterocycles. The third-order valence-corrected chi connectivity index (χ3v) is 3.20. The zero-order chi connectivity index (χ0) is 8.97. The molecule has 1 rings (SSSR count). The second kappa shape index (κ2) is 4.66. The number of hydrogen-bond acceptors (Lipinski definition) is 1. The van der Waals surface area contributed by atoms with Crippen molar-refractivity contribution in [2.75, 3.05) is 6.54 Å². The van der Waals surface area contributed by atoms with Crippen molar-refractivity contribution in [2.24, 2.45) is 11.7 Å². The fourth-order valence-corrected chi connectivity index (χ4v) is 2.01. The molecule has 0 aromatic rings. The van der Waals surface area contributed by atoms with Gasteiger partial charge in [0.05, 0.1) is 0 Å². The van der Waals surface area contributed by atoms with Crippen molar-refractivity contribution in [3.05, 3.63) is 11.1 Å². The molecule has 0 amide bonds. The first-order valence-electron chi connectivity index (χ1n) is 5.15. The highest BCUT2D eigenvalue weighted by Crippen LogP contribution is 2.31. The highest BCUT2D eigenvalue weighted by molar-refractivity contribution is 5.15. The summed E-state index contributed by atoms with van der Waals surface area (Å²) in [5.74, 6) is 0.985. The summed E-state index contributed by atoms with van der Waals surface area (Å²) < 4.78 is 0. The molecule has 1 fully saturated rings. The molecular formula is C11H21N. The summed E-state index contributed by atoms with van der Waals surface area (Å²) in [5.41, 5.74) is 8.69. The van der Waals surface area contributed by atoms with Gasteiger partial charge in [0.1, 0.15) is 0 Å². The normalized spacial score (nSPS) is 24.2. The summed E-state index contributed by atoms with van der Waals surface area (Å²) in [6.45, 7) is 5.24. The van der Waals surface area contributed by atoms with E-state index in [4.69, 9.17) is 5.73 Å². The minimum Gasteiger partial charge on any atom is -0.327 e. The van der Waals surface area contributed by atoms with Crippen LogP contribution in [0.25, 0.3) is 0 Å². The molecule has 1 saturated carbocycles. The Morgan fingerprint density at radius 3 is 2.42 bits per heavy atom. The predicted octanol–water partition coefficient (Wildman–Crippen LogP) is 2.86. The summed E-state index contributed by atoms with van der Waals surface area (Å²) >= 11 is 0. The lowest BCUT2D eigenvalue weighted by molar-refractivity contribution is 0.395. The highest BCUT2D eigenvalue weighted by Gasteiger charge is 2.15. The Bertz CT molecular complexity index is 160. The molecule has 0 aliphatic heterocycles. The molecule has 1 aliphatic rings. The van der Waals surface area contributed by atoms with Crippen LogP contribution >= 0.6 is 0 Å². The number of nitrogens with two attached hydrogens (primary N) is 1. The molecule has 0 unspecified atom stereocenters. The van der Waals surface area contributed by atoms with Crippen molar-refractivity contribution >= 4 is 0 Å². The average molecular weight is 167 g/mol. The van der Waals surface area contributed by atoms with Gasteiger partial charge in [0, 0.05) is 6.54 Å². The van der Waals surface area contributed by atoms with Gasteiger partial charge in [0.25, 0.3) is 0 Å². The van der Waals surface area contributed by atoms with Crippen LogP contribution in [0.3, 0.4) is 0 Å². The Morgan fingerprint density at radius 1 is 1.42 bits per heavy atom. The molecule has 12 heavy (non-hydrogen) atoms. The van der Waals surface area contributed by atoms with Gasteiger partial charge in [-0.05, 0) is 38.5 Å². The maximum absolute atomic E-state index is 5.61. The predicted molar refractivity (Wildman–Crippen MR) is 54.0 cm³/mol. The van der Waals surface area contributed by atoms with Gasteiger partial charge in [0.2, 0.25) is 0 Å². The summed E-state index contributed by atoms with van der Waals surface area (Å²) in [5, 5.41) is 0. The van der Waals surface area contributed by atoms with Gasteiger partial charge in [-0.15, -0.1) is 0 Å². The number of allylic oxidation sites excluding steroid dienone is 1. The fourth-order valence-electron chi connectivity index (χ4n) is 2.01. The second-order valence-electron chi connectivity index (χ2n) is 3.94. The number of hydrogen-bond donors (Lipinski definition) is 1. The molecule has 1 nitrogen and oxygen atoms in total. The van der Waals surface area contributed by atoms with Gasteiger partial charge in [-0.2, -0.15) is 0 Å². The zero-order valence-electron chi connectivity index (χ0n) is 8.40. The van der Waals surface area contributed by atoms with Crippen LogP contribution in [0.4, 0.5) is 0 Å². The molecule has 0 atom stereocenters. The molecule has 0 heterocycles. The van der Waals surface area contributed by atoms with Crippen LogP contribution in [0.5, 0.6) is 0 Å². The van der Waals surface area contributed by atoms with Gasteiger partial charge < -0.3 is 5.73 Å². The smallest absolute Gasteiger partial charge is 0.0136 e. The standard InChI is InChI=1S/C11H21N/c1-3-10-4-6-11(7-5-10)9(2)8-12/h10H,3-8,12H2,1-2H3. The molecule has 1 heteroatoms. The molecule has 1 aliphatic carbocycles. The zero-order valence-corrected chi connectivity index (χ0v) is 8.40. The fraction of sp³-hybridized carbons (Fsp3) is 0.818. The molecule has 0 aromatic carbocycles. The van der Waals surface area contributed by atoms with E-state index in [1.807, 2.05) is 0 Å². The van der Waals surface area contributed by atoms with Gasteiger partial charge in [-0.1, -0.05) is 24.5 Å². The van der Waals surface area contributed by atoms with Crippen LogP contribution in [0.2, 0.25) is 0 Å². The largest absolute Gasteiger partial charge is 0.327 e. The van der Waals surface area contributed by atoms with E-state index >= 15 is 0 Å². The van der Waals surface area contributed by atoms with Crippen LogP contribution in [-0.4, -0.2) is 6.54 Å². The average Bonchev–Trinajstić information content (AvgIpc) is 2.17. The van der Waals surface area contributed by atoms with E-state index in [1.54, 1.807) is 5.57 Å². The van der Waals surface area contributed by atoms with Crippen molar-refractivity contribution in [1.29, 1.82) is 0 Å². The van der Waals surface area contributed by atoms with Crippen LogP contribution in [0.1, 0.15) is 46.0 Å². The lowest BCUT2D eigenvalue weighted by Crippen LogP contribution is -2.11. The first kappa shape index (κ1) is 9.79. The Labute approximate surface area is 76.0 Å². The van der Waals surface area contributed by atoms with Crippen LogP contribution in [-0.2, 0) is 0 Å². The molecule has 0 spiro atoms. The van der Waals surface area contributed by atoms with Gasteiger partial charge >= 0.3 is 0 Å². The molecule has 0 bridgehead atoms. The Kier molecular flexibility index (Phi) is 3.80. The van der Waals surface area contributed by atoms with E-state index in [1.165, 1.54) is 37.7 Å². The maximum atomic E-state index is 5.61. The quantitative estimate of drug-likeness (QED) is 0.629. The number of rotatable bonds is 2. The van der Waals surface area contributed by atoms with E-state index < -0.39 is 0 Å². The third-order valence-electron chi connectivity index (χ3n) is 3.20. The lowest BCUT2D eigenvalue weighted by atomic mass is 9.83. The van der Waals surface area contributed by atoms with Crippen LogP contribution < -0.4 is 5.73 Å². The first-order valence-corrected chi connectivity index (χ1v) is 5.15. The SMILES string of the molecule is CCC1CCC(=C(C)CN)CC1. The van der Waals surface area contributed by atoms with Crippen molar-refractivity contribution in [2.45, 2.75) is 46.0 Å². The second-order valence-corrected chi connectivity index (χ2v) is 3.94. The minimum atomic E-state index is 0.756. The Hall–Kier alpha value is -0.300. The topological polar surface area (TPSA) is 26.0 Å². The van der Waals surface area contributed by atoms with Crippen molar-refractivity contribution in [3.63, 3.8) is 0 Å². The van der Waals surface area contributed by atoms with E-state index in [-0.39, 0.29) is 0 Å². The van der Waals surface area contributed by atoms with Crippen molar-refractivity contribution in [3.8, 4) is 0 Å². The van der Waals surface area contributed by atoms with Gasteiger partial charge in [-0.3, -0.25) is 0 Å². The van der Waals surface area contributed by atoms with Crippen molar-refractivity contribution in [1.82, 2.24) is 0 Å². The van der Waals surface area contributed by atoms with Crippen LogP contribution in [0.15, 0.2) is 11.1 Å². The highest BCUT2D eigenvalue weighted by atomic mass is 14.5. The van der Waals surface area contributed by atoms with E-state index in [9.17, 15) is 0 Å². The molecule has 2 N–H and O–H groups in total. The Morgan fingerprint density at radius 2 is 2.00 bits per heavy atom. The van der Waals surface area contributed by atoms with Gasteiger partial charge in [0.15, 0.2) is 0 Å². The third kappa shape index (κ3) is 2.34. The first-order chi connectivity index (χ1) is 5.77. The maximum Gasteiger partial charge on any atom is 0.0136 e. The summed E-state index contributed by atoms with van der Waals surface area (Å²) in [4.78, 5) is 0. The van der Waals surface area contributed by atoms with E-state index in [2.05, 4.69) is 13.8 Å². The summed E-state index contributed by atoms with van der Waals surface area (Å²) in [7, 11) is 0.